The summed E-state index contributed by atoms with van der Waals surface area (Å²) in [5.41, 5.74) is 0. The van der Waals surface area contributed by atoms with Crippen molar-refractivity contribution in [2.45, 2.75) is 13.3 Å². The Morgan fingerprint density at radius 1 is 1.00 bits per heavy atom. The average Bonchev–Trinajstić information content (AvgIpc) is 2.20. The predicted molar refractivity (Wildman–Crippen MR) is 52.2 cm³/mol. The third-order valence-corrected chi connectivity index (χ3v) is 3.53. The minimum Gasteiger partial charge on any atom is -0.355 e. The van der Waals surface area contributed by atoms with E-state index in [1.807, 2.05) is 12.2 Å². The van der Waals surface area contributed by atoms with E-state index in [1.54, 1.807) is 0 Å². The first kappa shape index (κ1) is 12.8. The van der Waals surface area contributed by atoms with E-state index in [2.05, 4.69) is 6.92 Å². The normalized spacial score (nSPS) is 12.6. The second-order valence-corrected chi connectivity index (χ2v) is 4.82. The van der Waals surface area contributed by atoms with Crippen LogP contribution in [0.1, 0.15) is 13.3 Å². The van der Waals surface area contributed by atoms with Gasteiger partial charge >= 0.3 is 9.05 Å². The van der Waals surface area contributed by atoms with Gasteiger partial charge in [0, 0.05) is 21.3 Å². The van der Waals surface area contributed by atoms with Gasteiger partial charge < -0.3 is 17.7 Å². The molecule has 0 aliphatic heterocycles. The molecule has 0 heterocycles. The van der Waals surface area contributed by atoms with Crippen molar-refractivity contribution in [3.8, 4) is 0 Å². The van der Waals surface area contributed by atoms with Crippen molar-refractivity contribution >= 4 is 9.05 Å². The second-order valence-electron chi connectivity index (χ2n) is 2.30. The summed E-state index contributed by atoms with van der Waals surface area (Å²) in [4.78, 5) is 0. The fourth-order valence-electron chi connectivity index (χ4n) is 0.812. The Bertz CT molecular complexity index is 137. The molecule has 0 amide bonds. The van der Waals surface area contributed by atoms with Crippen LogP contribution in [0.15, 0.2) is 12.2 Å². The van der Waals surface area contributed by atoms with Crippen molar-refractivity contribution < 1.29 is 17.7 Å². The number of hydrogen-bond donors (Lipinski definition) is 0. The standard InChI is InChI=1S/C8H18O4Si/c1-5-6-7-8-12-13(9-2,10-3)11-4/h6-7H,5,8H2,1-4H3. The summed E-state index contributed by atoms with van der Waals surface area (Å²) in [6.07, 6.45) is 4.92. The lowest BCUT2D eigenvalue weighted by molar-refractivity contribution is 0.0133. The van der Waals surface area contributed by atoms with Crippen molar-refractivity contribution in [2.75, 3.05) is 27.9 Å². The summed E-state index contributed by atoms with van der Waals surface area (Å²) >= 11 is 0. The van der Waals surface area contributed by atoms with Gasteiger partial charge in [-0.05, 0) is 6.42 Å². The molecule has 0 aliphatic carbocycles. The van der Waals surface area contributed by atoms with Crippen LogP contribution in [0.4, 0.5) is 0 Å². The first-order valence-electron chi connectivity index (χ1n) is 4.19. The molecule has 0 bridgehead atoms. The highest BCUT2D eigenvalue weighted by molar-refractivity contribution is 6.53. The van der Waals surface area contributed by atoms with Crippen molar-refractivity contribution in [1.29, 1.82) is 0 Å². The van der Waals surface area contributed by atoms with E-state index < -0.39 is 9.05 Å². The number of hydrogen-bond acceptors (Lipinski definition) is 4. The second kappa shape index (κ2) is 7.22. The molecule has 4 nitrogen and oxygen atoms in total. The molecule has 0 rings (SSSR count). The lowest BCUT2D eigenvalue weighted by Crippen LogP contribution is -2.46. The van der Waals surface area contributed by atoms with Crippen molar-refractivity contribution in [2.24, 2.45) is 0 Å². The van der Waals surface area contributed by atoms with Crippen molar-refractivity contribution in [3.05, 3.63) is 12.2 Å². The zero-order valence-electron chi connectivity index (χ0n) is 8.70. The van der Waals surface area contributed by atoms with Gasteiger partial charge in [0.1, 0.15) is 0 Å². The van der Waals surface area contributed by atoms with Gasteiger partial charge in [0.05, 0.1) is 6.61 Å². The lowest BCUT2D eigenvalue weighted by Gasteiger charge is -2.21. The maximum atomic E-state index is 5.36. The first-order valence-corrected chi connectivity index (χ1v) is 5.82. The van der Waals surface area contributed by atoms with Crippen LogP contribution < -0.4 is 0 Å². The summed E-state index contributed by atoms with van der Waals surface area (Å²) in [5, 5.41) is 0. The Labute approximate surface area is 80.9 Å². The molecule has 0 saturated heterocycles. The Kier molecular flexibility index (Phi) is 7.11. The first-order chi connectivity index (χ1) is 6.24. The molecule has 0 aromatic carbocycles. The Balaban J connectivity index is 3.88. The molecular weight excluding hydrogens is 188 g/mol. The van der Waals surface area contributed by atoms with E-state index in [9.17, 15) is 0 Å². The molecule has 13 heavy (non-hydrogen) atoms. The van der Waals surface area contributed by atoms with E-state index in [-0.39, 0.29) is 0 Å². The Morgan fingerprint density at radius 2 is 1.54 bits per heavy atom. The molecule has 0 aromatic heterocycles. The Morgan fingerprint density at radius 3 is 1.92 bits per heavy atom. The largest absolute Gasteiger partial charge is 0.679 e. The average molecular weight is 206 g/mol. The van der Waals surface area contributed by atoms with Gasteiger partial charge in [-0.2, -0.15) is 0 Å². The monoisotopic (exact) mass is 206 g/mol. The highest BCUT2D eigenvalue weighted by Gasteiger charge is 2.41. The summed E-state index contributed by atoms with van der Waals surface area (Å²) < 4.78 is 20.5. The fourth-order valence-corrected chi connectivity index (χ4v) is 1.97. The molecule has 0 unspecified atom stereocenters. The maximum Gasteiger partial charge on any atom is 0.679 e. The molecule has 0 aromatic rings. The van der Waals surface area contributed by atoms with Gasteiger partial charge in [-0.15, -0.1) is 0 Å². The summed E-state index contributed by atoms with van der Waals surface area (Å²) in [5.74, 6) is 0. The quantitative estimate of drug-likeness (QED) is 0.465. The fraction of sp³-hybridized carbons (Fsp3) is 0.750. The van der Waals surface area contributed by atoms with E-state index in [0.29, 0.717) is 6.61 Å². The Hall–Kier alpha value is -0.203. The van der Waals surface area contributed by atoms with Crippen LogP contribution in [-0.2, 0) is 17.7 Å². The molecule has 0 spiro atoms. The van der Waals surface area contributed by atoms with Crippen LogP contribution in [0.2, 0.25) is 0 Å². The van der Waals surface area contributed by atoms with Gasteiger partial charge in [0.25, 0.3) is 0 Å². The van der Waals surface area contributed by atoms with Gasteiger partial charge in [0.2, 0.25) is 0 Å². The van der Waals surface area contributed by atoms with Crippen LogP contribution in [0.5, 0.6) is 0 Å². The number of allylic oxidation sites excluding steroid dienone is 1. The van der Waals surface area contributed by atoms with Gasteiger partial charge in [0.15, 0.2) is 0 Å². The highest BCUT2D eigenvalue weighted by atomic mass is 28.4. The lowest BCUT2D eigenvalue weighted by atomic mass is 10.4. The molecule has 0 saturated carbocycles. The molecule has 0 aliphatic rings. The van der Waals surface area contributed by atoms with Crippen molar-refractivity contribution in [3.63, 3.8) is 0 Å². The summed E-state index contributed by atoms with van der Waals surface area (Å²) in [7, 11) is 1.73. The highest BCUT2D eigenvalue weighted by Crippen LogP contribution is 2.07. The van der Waals surface area contributed by atoms with Gasteiger partial charge in [-0.25, -0.2) is 0 Å². The van der Waals surface area contributed by atoms with E-state index in [0.717, 1.165) is 6.42 Å². The number of rotatable bonds is 7. The molecule has 0 atom stereocenters. The zero-order chi connectivity index (χ0) is 10.2. The van der Waals surface area contributed by atoms with Gasteiger partial charge in [-0.3, -0.25) is 0 Å². The SMILES string of the molecule is CCC=CCO[Si](OC)(OC)OC. The molecule has 5 heteroatoms. The molecular formula is C8H18O4Si. The topological polar surface area (TPSA) is 36.9 Å². The van der Waals surface area contributed by atoms with Crippen LogP contribution in [0, 0.1) is 0 Å². The predicted octanol–water partition coefficient (Wildman–Crippen LogP) is 1.34. The minimum atomic E-state index is -2.82. The van der Waals surface area contributed by atoms with E-state index >= 15 is 0 Å². The molecule has 78 valence electrons. The van der Waals surface area contributed by atoms with Crippen LogP contribution in [0.3, 0.4) is 0 Å². The van der Waals surface area contributed by atoms with E-state index in [4.69, 9.17) is 17.7 Å². The third-order valence-electron chi connectivity index (χ3n) is 1.51. The van der Waals surface area contributed by atoms with E-state index in [1.165, 1.54) is 21.3 Å². The minimum absolute atomic E-state index is 0.454. The van der Waals surface area contributed by atoms with Gasteiger partial charge in [-0.1, -0.05) is 19.1 Å². The van der Waals surface area contributed by atoms with Crippen LogP contribution >= 0.6 is 0 Å². The smallest absolute Gasteiger partial charge is 0.355 e. The third kappa shape index (κ3) is 4.54. The maximum absolute atomic E-state index is 5.36. The van der Waals surface area contributed by atoms with Crippen LogP contribution in [0.25, 0.3) is 0 Å². The molecule has 0 N–H and O–H groups in total. The zero-order valence-corrected chi connectivity index (χ0v) is 9.70. The summed E-state index contributed by atoms with van der Waals surface area (Å²) in [6.45, 7) is 2.51. The molecule has 0 radical (unpaired) electrons. The molecule has 0 fully saturated rings. The van der Waals surface area contributed by atoms with Crippen LogP contribution in [-0.4, -0.2) is 37.0 Å². The van der Waals surface area contributed by atoms with Crippen molar-refractivity contribution in [1.82, 2.24) is 0 Å². The summed E-state index contributed by atoms with van der Waals surface area (Å²) in [6, 6.07) is 0.